The van der Waals surface area contributed by atoms with Crippen molar-refractivity contribution >= 4 is 16.7 Å². The summed E-state index contributed by atoms with van der Waals surface area (Å²) in [7, 11) is 4.35. The molecule has 0 radical (unpaired) electrons. The Morgan fingerprint density at radius 1 is 1.00 bits per heavy atom. The molecule has 4 aromatic rings. The number of benzene rings is 1. The van der Waals surface area contributed by atoms with Crippen molar-refractivity contribution in [2.45, 2.75) is 46.6 Å². The van der Waals surface area contributed by atoms with Gasteiger partial charge in [-0.2, -0.15) is 0 Å². The van der Waals surface area contributed by atoms with Gasteiger partial charge in [-0.25, -0.2) is 14.5 Å². The number of aromatic nitrogens is 5. The normalized spacial score (nSPS) is 12.6. The zero-order valence-corrected chi connectivity index (χ0v) is 18.5. The summed E-state index contributed by atoms with van der Waals surface area (Å²) in [6, 6.07) is 8.57. The summed E-state index contributed by atoms with van der Waals surface area (Å²) in [5.41, 5.74) is 6.82. The van der Waals surface area contributed by atoms with E-state index in [2.05, 4.69) is 77.5 Å². The summed E-state index contributed by atoms with van der Waals surface area (Å²) < 4.78 is 4.12. The number of hydrogen-bond donors (Lipinski definition) is 1. The molecule has 1 N–H and O–H groups in total. The first-order chi connectivity index (χ1) is 13.7. The highest BCUT2D eigenvalue weighted by atomic mass is 15.3. The van der Waals surface area contributed by atoms with Crippen molar-refractivity contribution in [1.29, 1.82) is 0 Å². The summed E-state index contributed by atoms with van der Waals surface area (Å²) >= 11 is 0. The van der Waals surface area contributed by atoms with Crippen molar-refractivity contribution in [3.8, 4) is 11.4 Å². The molecule has 0 amide bonds. The predicted octanol–water partition coefficient (Wildman–Crippen LogP) is 2.80. The van der Waals surface area contributed by atoms with E-state index in [9.17, 15) is 0 Å². The third-order valence-corrected chi connectivity index (χ3v) is 5.79. The first-order valence-corrected chi connectivity index (χ1v) is 10.3. The van der Waals surface area contributed by atoms with Crippen LogP contribution in [0, 0.1) is 13.8 Å². The van der Waals surface area contributed by atoms with Gasteiger partial charge in [-0.05, 0) is 30.4 Å². The Labute approximate surface area is 172 Å². The molecule has 3 aromatic heterocycles. The second kappa shape index (κ2) is 6.95. The lowest BCUT2D eigenvalue weighted by Crippen LogP contribution is -3.06. The van der Waals surface area contributed by atoms with E-state index in [0.29, 0.717) is 0 Å². The second-order valence-electron chi connectivity index (χ2n) is 9.29. The highest BCUT2D eigenvalue weighted by Crippen LogP contribution is 2.29. The predicted molar refractivity (Wildman–Crippen MR) is 118 cm³/mol. The molecule has 0 saturated carbocycles. The van der Waals surface area contributed by atoms with E-state index >= 15 is 0 Å². The van der Waals surface area contributed by atoms with Crippen LogP contribution in [-0.2, 0) is 12.0 Å². The topological polar surface area (TPSA) is 52.5 Å². The van der Waals surface area contributed by atoms with E-state index in [-0.39, 0.29) is 5.41 Å². The summed E-state index contributed by atoms with van der Waals surface area (Å²) in [6.07, 6.45) is 1.79. The molecule has 0 bridgehead atoms. The Balaban J connectivity index is 1.82. The highest BCUT2D eigenvalue weighted by Gasteiger charge is 2.19. The van der Waals surface area contributed by atoms with Crippen molar-refractivity contribution in [3.63, 3.8) is 0 Å². The third kappa shape index (κ3) is 3.42. The Kier molecular flexibility index (Phi) is 4.69. The van der Waals surface area contributed by atoms with E-state index in [1.54, 1.807) is 6.33 Å². The van der Waals surface area contributed by atoms with Crippen LogP contribution >= 0.6 is 0 Å². The molecule has 0 aliphatic carbocycles. The molecule has 0 fully saturated rings. The van der Waals surface area contributed by atoms with Crippen LogP contribution in [0.1, 0.15) is 37.6 Å². The maximum atomic E-state index is 4.91. The monoisotopic (exact) mass is 391 g/mol. The van der Waals surface area contributed by atoms with Gasteiger partial charge in [0.1, 0.15) is 12.0 Å². The van der Waals surface area contributed by atoms with Crippen LogP contribution in [0.2, 0.25) is 0 Å². The summed E-state index contributed by atoms with van der Waals surface area (Å²) in [5, 5.41) is 5.81. The second-order valence-corrected chi connectivity index (χ2v) is 9.29. The number of likely N-dealkylation sites (N-methyl/N-ethyl adjacent to an activating group) is 1. The van der Waals surface area contributed by atoms with Gasteiger partial charge in [0.2, 0.25) is 0 Å². The van der Waals surface area contributed by atoms with Gasteiger partial charge >= 0.3 is 0 Å². The summed E-state index contributed by atoms with van der Waals surface area (Å²) in [5.74, 6) is 0.738. The molecular formula is C23H31N6+. The van der Waals surface area contributed by atoms with Crippen molar-refractivity contribution in [1.82, 2.24) is 24.1 Å². The van der Waals surface area contributed by atoms with Gasteiger partial charge in [0.15, 0.2) is 11.5 Å². The lowest BCUT2D eigenvalue weighted by molar-refractivity contribution is -0.858. The average molecular weight is 392 g/mol. The van der Waals surface area contributed by atoms with Crippen molar-refractivity contribution in [2.24, 2.45) is 0 Å². The Morgan fingerprint density at radius 2 is 1.69 bits per heavy atom. The van der Waals surface area contributed by atoms with Gasteiger partial charge in [0, 0.05) is 11.3 Å². The number of rotatable bonds is 4. The van der Waals surface area contributed by atoms with Gasteiger partial charge < -0.3 is 9.47 Å². The zero-order chi connectivity index (χ0) is 20.9. The Bertz CT molecular complexity index is 1170. The van der Waals surface area contributed by atoms with Gasteiger partial charge in [-0.3, -0.25) is 0 Å². The highest BCUT2D eigenvalue weighted by molar-refractivity contribution is 5.94. The number of fused-ring (bicyclic) bond motifs is 3. The molecule has 0 aliphatic heterocycles. The molecule has 3 heterocycles. The Morgan fingerprint density at radius 3 is 2.31 bits per heavy atom. The minimum absolute atomic E-state index is 0.132. The van der Waals surface area contributed by atoms with Crippen LogP contribution in [0.15, 0.2) is 30.6 Å². The van der Waals surface area contributed by atoms with E-state index in [1.807, 2.05) is 4.52 Å². The molecule has 6 heteroatoms. The first kappa shape index (κ1) is 19.6. The number of quaternary nitrogens is 1. The molecule has 4 rings (SSSR count). The van der Waals surface area contributed by atoms with E-state index in [1.165, 1.54) is 21.7 Å². The fraction of sp³-hybridized carbons (Fsp3) is 0.435. The standard InChI is InChI=1S/C23H30N6/c1-15-16(2)28(13-12-27(6)7)21-19(15)22-25-20(26-29(22)14-24-21)17-8-10-18(11-9-17)23(3,4)5/h8-11,14H,12-13H2,1-7H3/p+1. The molecule has 0 unspecified atom stereocenters. The number of hydrogen-bond acceptors (Lipinski definition) is 3. The molecule has 152 valence electrons. The summed E-state index contributed by atoms with van der Waals surface area (Å²) in [4.78, 5) is 11.1. The van der Waals surface area contributed by atoms with E-state index < -0.39 is 0 Å². The van der Waals surface area contributed by atoms with Gasteiger partial charge in [-0.15, -0.1) is 5.10 Å². The van der Waals surface area contributed by atoms with Crippen LogP contribution in [-0.4, -0.2) is 44.8 Å². The van der Waals surface area contributed by atoms with Crippen LogP contribution in [0.3, 0.4) is 0 Å². The minimum atomic E-state index is 0.132. The lowest BCUT2D eigenvalue weighted by atomic mass is 9.87. The molecule has 0 saturated heterocycles. The van der Waals surface area contributed by atoms with Crippen LogP contribution in [0.4, 0.5) is 0 Å². The third-order valence-electron chi connectivity index (χ3n) is 5.79. The van der Waals surface area contributed by atoms with Crippen LogP contribution in [0.5, 0.6) is 0 Å². The van der Waals surface area contributed by atoms with Crippen molar-refractivity contribution < 1.29 is 4.90 Å². The lowest BCUT2D eigenvalue weighted by Gasteiger charge is -2.18. The molecule has 1 aromatic carbocycles. The number of aryl methyl sites for hydroxylation is 1. The quantitative estimate of drug-likeness (QED) is 0.582. The van der Waals surface area contributed by atoms with Gasteiger partial charge in [-0.1, -0.05) is 45.0 Å². The van der Waals surface area contributed by atoms with Gasteiger partial charge in [0.05, 0.1) is 32.6 Å². The average Bonchev–Trinajstić information content (AvgIpc) is 3.19. The maximum Gasteiger partial charge on any atom is 0.182 e. The molecule has 29 heavy (non-hydrogen) atoms. The molecule has 6 nitrogen and oxygen atoms in total. The minimum Gasteiger partial charge on any atom is -0.338 e. The number of nitrogens with zero attached hydrogens (tertiary/aromatic N) is 5. The maximum absolute atomic E-state index is 4.91. The zero-order valence-electron chi connectivity index (χ0n) is 18.5. The van der Waals surface area contributed by atoms with E-state index in [4.69, 9.17) is 15.1 Å². The smallest absolute Gasteiger partial charge is 0.182 e. The summed E-state index contributed by atoms with van der Waals surface area (Å²) in [6.45, 7) is 13.0. The SMILES string of the molecule is Cc1c(C)n(CC[NH+](C)C)c2ncn3nc(-c4ccc(C(C)(C)C)cc4)nc3c12. The fourth-order valence-corrected chi connectivity index (χ4v) is 3.78. The van der Waals surface area contributed by atoms with Crippen LogP contribution in [0.25, 0.3) is 28.1 Å². The molecule has 0 aliphatic rings. The fourth-order valence-electron chi connectivity index (χ4n) is 3.78. The molecular weight excluding hydrogens is 360 g/mol. The first-order valence-electron chi connectivity index (χ1n) is 10.3. The van der Waals surface area contributed by atoms with Crippen LogP contribution < -0.4 is 4.90 Å². The Hall–Kier alpha value is -2.73. The van der Waals surface area contributed by atoms with Gasteiger partial charge in [0.25, 0.3) is 0 Å². The van der Waals surface area contributed by atoms with E-state index in [0.717, 1.165) is 41.2 Å². The van der Waals surface area contributed by atoms with Crippen molar-refractivity contribution in [3.05, 3.63) is 47.4 Å². The molecule has 0 atom stereocenters. The largest absolute Gasteiger partial charge is 0.338 e. The molecule has 0 spiro atoms. The van der Waals surface area contributed by atoms with Crippen molar-refractivity contribution in [2.75, 3.05) is 20.6 Å². The number of nitrogens with one attached hydrogen (secondary N) is 1.